The summed E-state index contributed by atoms with van der Waals surface area (Å²) in [7, 11) is 0. The van der Waals surface area contributed by atoms with Crippen molar-refractivity contribution in [3.05, 3.63) is 0 Å². The number of rotatable bonds is 1. The molecular formula is C11H21NO3. The molecule has 4 heteroatoms. The van der Waals surface area contributed by atoms with E-state index in [0.29, 0.717) is 32.5 Å². The Morgan fingerprint density at radius 2 is 1.93 bits per heavy atom. The Balaban J connectivity index is 2.29. The first kappa shape index (κ1) is 12.3. The second kappa shape index (κ2) is 4.84. The van der Waals surface area contributed by atoms with Crippen LogP contribution in [0.25, 0.3) is 0 Å². The number of aliphatic hydroxyl groups is 1. The van der Waals surface area contributed by atoms with Crippen LogP contribution in [-0.4, -0.2) is 41.9 Å². The predicted octanol–water partition coefficient (Wildman–Crippen LogP) is 1.63. The summed E-state index contributed by atoms with van der Waals surface area (Å²) in [5.41, 5.74) is 0.00492. The zero-order valence-corrected chi connectivity index (χ0v) is 9.82. The Bertz CT molecular complexity index is 214. The normalized spacial score (nSPS) is 19.1. The molecule has 0 saturated carbocycles. The number of hydrogen-bond donors (Lipinski definition) is 1. The van der Waals surface area contributed by atoms with Gasteiger partial charge in [0.05, 0.1) is 12.7 Å². The fraction of sp³-hybridized carbons (Fsp3) is 0.909. The smallest absolute Gasteiger partial charge is 0.409 e. The summed E-state index contributed by atoms with van der Waals surface area (Å²) in [6, 6.07) is 0. The molecule has 0 bridgehead atoms. The Kier molecular flexibility index (Phi) is 3.97. The summed E-state index contributed by atoms with van der Waals surface area (Å²) in [5, 5.41) is 9.29. The van der Waals surface area contributed by atoms with Crippen LogP contribution < -0.4 is 0 Å². The van der Waals surface area contributed by atoms with Gasteiger partial charge < -0.3 is 14.7 Å². The number of hydrogen-bond acceptors (Lipinski definition) is 3. The molecule has 1 aliphatic rings. The molecule has 0 aliphatic carbocycles. The lowest BCUT2D eigenvalue weighted by atomic mass is 9.99. The van der Waals surface area contributed by atoms with Crippen molar-refractivity contribution >= 4 is 6.09 Å². The molecule has 4 nitrogen and oxygen atoms in total. The van der Waals surface area contributed by atoms with E-state index in [1.165, 1.54) is 0 Å². The third-order valence-electron chi connectivity index (χ3n) is 2.35. The van der Waals surface area contributed by atoms with E-state index in [1.54, 1.807) is 4.90 Å². The Labute approximate surface area is 91.2 Å². The van der Waals surface area contributed by atoms with Crippen LogP contribution in [0.5, 0.6) is 0 Å². The maximum absolute atomic E-state index is 11.6. The van der Waals surface area contributed by atoms with Gasteiger partial charge in [-0.2, -0.15) is 0 Å². The number of aliphatic hydroxyl groups excluding tert-OH is 1. The fourth-order valence-electron chi connectivity index (χ4n) is 1.42. The highest BCUT2D eigenvalue weighted by Gasteiger charge is 2.23. The molecular weight excluding hydrogens is 194 g/mol. The number of carbonyl (C=O) groups is 1. The molecule has 1 aliphatic heterocycles. The monoisotopic (exact) mass is 215 g/mol. The first-order chi connectivity index (χ1) is 6.88. The summed E-state index contributed by atoms with van der Waals surface area (Å²) in [5.74, 6) is 0. The Morgan fingerprint density at radius 3 is 2.40 bits per heavy atom. The van der Waals surface area contributed by atoms with E-state index in [1.807, 2.05) is 20.8 Å². The maximum atomic E-state index is 11.6. The third-order valence-corrected chi connectivity index (χ3v) is 2.35. The van der Waals surface area contributed by atoms with Gasteiger partial charge >= 0.3 is 6.09 Å². The molecule has 1 saturated heterocycles. The van der Waals surface area contributed by atoms with E-state index < -0.39 is 0 Å². The molecule has 0 radical (unpaired) electrons. The number of likely N-dealkylation sites (tertiary alicyclic amines) is 1. The molecule has 0 aromatic heterocycles. The second-order valence-corrected chi connectivity index (χ2v) is 5.33. The number of piperidine rings is 1. The third kappa shape index (κ3) is 4.51. The highest BCUT2D eigenvalue weighted by molar-refractivity contribution is 5.67. The van der Waals surface area contributed by atoms with E-state index in [2.05, 4.69) is 0 Å². The lowest BCUT2D eigenvalue weighted by molar-refractivity contribution is 0.0441. The van der Waals surface area contributed by atoms with Crippen molar-refractivity contribution in [3.8, 4) is 0 Å². The van der Waals surface area contributed by atoms with Crippen molar-refractivity contribution in [2.45, 2.75) is 39.7 Å². The maximum Gasteiger partial charge on any atom is 0.409 e. The van der Waals surface area contributed by atoms with Gasteiger partial charge in [0.15, 0.2) is 0 Å². The van der Waals surface area contributed by atoms with Crippen LogP contribution in [0.1, 0.15) is 33.6 Å². The van der Waals surface area contributed by atoms with Crippen LogP contribution >= 0.6 is 0 Å². The Hall–Kier alpha value is -0.770. The van der Waals surface area contributed by atoms with E-state index in [9.17, 15) is 9.90 Å². The van der Waals surface area contributed by atoms with Crippen LogP contribution in [0.4, 0.5) is 4.79 Å². The van der Waals surface area contributed by atoms with Crippen molar-refractivity contribution in [3.63, 3.8) is 0 Å². The molecule has 1 rings (SSSR count). The van der Waals surface area contributed by atoms with Crippen molar-refractivity contribution < 1.29 is 14.6 Å². The van der Waals surface area contributed by atoms with Gasteiger partial charge in [0, 0.05) is 13.1 Å². The van der Waals surface area contributed by atoms with Crippen LogP contribution in [0.2, 0.25) is 0 Å². The van der Waals surface area contributed by atoms with E-state index in [-0.39, 0.29) is 17.6 Å². The largest absolute Gasteiger partial charge is 0.449 e. The zero-order chi connectivity index (χ0) is 11.5. The summed E-state index contributed by atoms with van der Waals surface area (Å²) in [4.78, 5) is 13.2. The molecule has 15 heavy (non-hydrogen) atoms. The second-order valence-electron chi connectivity index (χ2n) is 5.33. The van der Waals surface area contributed by atoms with E-state index in [0.717, 1.165) is 0 Å². The van der Waals surface area contributed by atoms with Gasteiger partial charge in [-0.25, -0.2) is 4.79 Å². The number of ether oxygens (including phenoxy) is 1. The van der Waals surface area contributed by atoms with Gasteiger partial charge in [-0.15, -0.1) is 0 Å². The minimum Gasteiger partial charge on any atom is -0.449 e. The molecule has 88 valence electrons. The topological polar surface area (TPSA) is 49.8 Å². The summed E-state index contributed by atoms with van der Waals surface area (Å²) < 4.78 is 5.19. The van der Waals surface area contributed by atoms with Crippen molar-refractivity contribution in [1.29, 1.82) is 0 Å². The molecule has 0 aromatic rings. The number of carbonyl (C=O) groups excluding carboxylic acids is 1. The summed E-state index contributed by atoms with van der Waals surface area (Å²) in [6.45, 7) is 7.72. The molecule has 1 amide bonds. The van der Waals surface area contributed by atoms with Crippen molar-refractivity contribution in [2.75, 3.05) is 19.7 Å². The molecule has 0 spiro atoms. The van der Waals surface area contributed by atoms with Gasteiger partial charge in [0.2, 0.25) is 0 Å². The van der Waals surface area contributed by atoms with Crippen molar-refractivity contribution in [1.82, 2.24) is 4.90 Å². The van der Waals surface area contributed by atoms with Crippen molar-refractivity contribution in [2.24, 2.45) is 5.41 Å². The van der Waals surface area contributed by atoms with E-state index in [4.69, 9.17) is 4.74 Å². The molecule has 0 aromatic carbocycles. The molecule has 1 N–H and O–H groups in total. The molecule has 0 atom stereocenters. The van der Waals surface area contributed by atoms with Gasteiger partial charge in [0.25, 0.3) is 0 Å². The minimum atomic E-state index is -0.253. The summed E-state index contributed by atoms with van der Waals surface area (Å²) in [6.07, 6.45) is 0.809. The average molecular weight is 215 g/mol. The first-order valence-corrected chi connectivity index (χ1v) is 5.48. The lowest BCUT2D eigenvalue weighted by Gasteiger charge is -2.30. The quantitative estimate of drug-likeness (QED) is 0.723. The van der Waals surface area contributed by atoms with Gasteiger partial charge in [0.1, 0.15) is 0 Å². The minimum absolute atomic E-state index is 0.00492. The zero-order valence-electron chi connectivity index (χ0n) is 9.82. The van der Waals surface area contributed by atoms with Gasteiger partial charge in [-0.3, -0.25) is 0 Å². The first-order valence-electron chi connectivity index (χ1n) is 5.48. The number of amides is 1. The Morgan fingerprint density at radius 1 is 1.40 bits per heavy atom. The average Bonchev–Trinajstić information content (AvgIpc) is 2.14. The predicted molar refractivity (Wildman–Crippen MR) is 57.6 cm³/mol. The van der Waals surface area contributed by atoms with Gasteiger partial charge in [-0.05, 0) is 18.3 Å². The van der Waals surface area contributed by atoms with Crippen LogP contribution in [0, 0.1) is 5.41 Å². The highest BCUT2D eigenvalue weighted by atomic mass is 16.6. The molecule has 1 heterocycles. The standard InChI is InChI=1S/C11H21NO3/c1-11(2,3)8-15-10(14)12-6-4-9(13)5-7-12/h9,13H,4-8H2,1-3H3. The van der Waals surface area contributed by atoms with Crippen LogP contribution in [0.15, 0.2) is 0 Å². The molecule has 0 unspecified atom stereocenters. The number of nitrogens with zero attached hydrogens (tertiary/aromatic N) is 1. The molecule has 1 fully saturated rings. The highest BCUT2D eigenvalue weighted by Crippen LogP contribution is 2.15. The fourth-order valence-corrected chi connectivity index (χ4v) is 1.42. The van der Waals surface area contributed by atoms with E-state index >= 15 is 0 Å². The SMILES string of the molecule is CC(C)(C)COC(=O)N1CCC(O)CC1. The van der Waals surface area contributed by atoms with Gasteiger partial charge in [-0.1, -0.05) is 20.8 Å². The lowest BCUT2D eigenvalue weighted by Crippen LogP contribution is -2.41. The van der Waals surface area contributed by atoms with Crippen LogP contribution in [0.3, 0.4) is 0 Å². The van der Waals surface area contributed by atoms with Crippen LogP contribution in [-0.2, 0) is 4.74 Å². The summed E-state index contributed by atoms with van der Waals surface area (Å²) >= 11 is 0.